The fraction of sp³-hybridized carbons (Fsp3) is 0.194. The number of methoxy groups -OCH3 is 1. The van der Waals surface area contributed by atoms with Crippen molar-refractivity contribution in [1.29, 1.82) is 0 Å². The predicted octanol–water partition coefficient (Wildman–Crippen LogP) is 7.11. The van der Waals surface area contributed by atoms with E-state index in [1.807, 2.05) is 12.1 Å². The smallest absolute Gasteiger partial charge is 0.338 e. The van der Waals surface area contributed by atoms with Crippen molar-refractivity contribution in [2.45, 2.75) is 26.5 Å². The fourth-order valence-electron chi connectivity index (χ4n) is 4.66. The molecule has 1 aliphatic rings. The third-order valence-electron chi connectivity index (χ3n) is 6.67. The van der Waals surface area contributed by atoms with Crippen molar-refractivity contribution in [3.05, 3.63) is 122 Å². The van der Waals surface area contributed by atoms with Crippen LogP contribution in [0.5, 0.6) is 11.5 Å². The number of nitrogens with zero attached hydrogens (tertiary/aromatic N) is 2. The van der Waals surface area contributed by atoms with Crippen LogP contribution in [0.2, 0.25) is 15.1 Å². The number of fused-ring (bicyclic) bond motifs is 1. The van der Waals surface area contributed by atoms with Crippen LogP contribution in [0, 0.1) is 0 Å². The molecule has 0 saturated heterocycles. The molecule has 0 spiro atoms. The zero-order chi connectivity index (χ0) is 30.8. The van der Waals surface area contributed by atoms with Crippen molar-refractivity contribution in [1.82, 2.24) is 4.57 Å². The Hall–Kier alpha value is -3.08. The predicted molar refractivity (Wildman–Crippen MR) is 173 cm³/mol. The summed E-state index contributed by atoms with van der Waals surface area (Å²) >= 11 is 23.4. The maximum Gasteiger partial charge on any atom is 0.338 e. The van der Waals surface area contributed by atoms with Gasteiger partial charge in [0.2, 0.25) is 0 Å². The highest BCUT2D eigenvalue weighted by Gasteiger charge is 2.33. The van der Waals surface area contributed by atoms with Crippen LogP contribution in [-0.4, -0.2) is 24.3 Å². The summed E-state index contributed by atoms with van der Waals surface area (Å²) in [6.45, 7) is 3.82. The zero-order valence-electron chi connectivity index (χ0n) is 23.1. The molecule has 0 unspecified atom stereocenters. The molecule has 0 amide bonds. The van der Waals surface area contributed by atoms with E-state index in [1.165, 1.54) is 15.9 Å². The Morgan fingerprint density at radius 3 is 2.49 bits per heavy atom. The Labute approximate surface area is 274 Å². The Morgan fingerprint density at radius 2 is 1.79 bits per heavy atom. The Bertz CT molecular complexity index is 1950. The van der Waals surface area contributed by atoms with Crippen molar-refractivity contribution >= 4 is 74.1 Å². The average Bonchev–Trinajstić information content (AvgIpc) is 3.26. The molecule has 12 heteroatoms. The summed E-state index contributed by atoms with van der Waals surface area (Å²) in [5, 5.41) is 1.48. The molecule has 0 saturated carbocycles. The first-order chi connectivity index (χ1) is 20.6. The topological polar surface area (TPSA) is 79.1 Å². The number of halogens is 4. The number of ether oxygens (including phenoxy) is 3. The molecule has 2 heterocycles. The van der Waals surface area contributed by atoms with Gasteiger partial charge in [0.1, 0.15) is 18.1 Å². The number of carbonyl (C=O) groups excluding carboxylic acids is 1. The van der Waals surface area contributed by atoms with E-state index >= 15 is 0 Å². The number of rotatable bonds is 8. The summed E-state index contributed by atoms with van der Waals surface area (Å²) in [5.41, 5.74) is 2.44. The van der Waals surface area contributed by atoms with E-state index in [0.717, 1.165) is 5.56 Å². The molecule has 43 heavy (non-hydrogen) atoms. The van der Waals surface area contributed by atoms with Crippen LogP contribution in [0.4, 0.5) is 0 Å². The normalized spacial score (nSPS) is 14.8. The van der Waals surface area contributed by atoms with E-state index in [2.05, 4.69) is 20.9 Å². The van der Waals surface area contributed by atoms with Gasteiger partial charge in [0.05, 0.1) is 40.0 Å². The lowest BCUT2D eigenvalue weighted by Crippen LogP contribution is -2.40. The second-order valence-corrected chi connectivity index (χ2v) is 12.5. The van der Waals surface area contributed by atoms with Crippen LogP contribution >= 0.6 is 62.1 Å². The molecule has 0 N–H and O–H groups in total. The standard InChI is InChI=1S/C31H24BrCl3N2O5S/c1-4-41-30(39)27-16(2)36-31-37(28(27)17-6-9-25(40-3)22(32)12-17)29(38)26(43-31)13-19-11-20(33)8-10-24(19)42-15-18-5-7-21(34)14-23(18)35/h5-14,28H,4,15H2,1-3H3/b26-13-/t28-/m0/s1. The van der Waals surface area contributed by atoms with Gasteiger partial charge in [0.25, 0.3) is 5.56 Å². The highest BCUT2D eigenvalue weighted by molar-refractivity contribution is 9.10. The van der Waals surface area contributed by atoms with E-state index < -0.39 is 12.0 Å². The third-order valence-corrected chi connectivity index (χ3v) is 9.09. The van der Waals surface area contributed by atoms with Crippen LogP contribution in [-0.2, 0) is 16.1 Å². The lowest BCUT2D eigenvalue weighted by atomic mass is 9.96. The SMILES string of the molecule is CCOC(=O)C1=C(C)N=c2s/c(=C\c3cc(Cl)ccc3OCc3ccc(Cl)cc3Cl)c(=O)n2[C@H]1c1ccc(OC)c(Br)c1. The molecule has 1 aliphatic heterocycles. The highest BCUT2D eigenvalue weighted by Crippen LogP contribution is 2.35. The molecule has 7 nitrogen and oxygen atoms in total. The van der Waals surface area contributed by atoms with Crippen LogP contribution < -0.4 is 24.4 Å². The molecule has 0 radical (unpaired) electrons. The molecule has 0 aliphatic carbocycles. The number of hydrogen-bond acceptors (Lipinski definition) is 7. The van der Waals surface area contributed by atoms with E-state index in [4.69, 9.17) is 49.0 Å². The van der Waals surface area contributed by atoms with Gasteiger partial charge < -0.3 is 14.2 Å². The van der Waals surface area contributed by atoms with E-state index in [9.17, 15) is 9.59 Å². The molecular weight excluding hydrogens is 699 g/mol. The summed E-state index contributed by atoms with van der Waals surface area (Å²) in [6, 6.07) is 15.0. The van der Waals surface area contributed by atoms with Gasteiger partial charge in [-0.05, 0) is 83.9 Å². The van der Waals surface area contributed by atoms with Crippen molar-refractivity contribution < 1.29 is 19.0 Å². The maximum absolute atomic E-state index is 14.1. The van der Waals surface area contributed by atoms with Gasteiger partial charge in [-0.2, -0.15) is 0 Å². The molecule has 0 fully saturated rings. The average molecular weight is 723 g/mol. The minimum absolute atomic E-state index is 0.175. The Morgan fingerprint density at radius 1 is 1.07 bits per heavy atom. The number of benzene rings is 3. The molecule has 0 bridgehead atoms. The number of thiazole rings is 1. The van der Waals surface area contributed by atoms with Gasteiger partial charge in [-0.25, -0.2) is 9.79 Å². The van der Waals surface area contributed by atoms with Crippen LogP contribution in [0.25, 0.3) is 6.08 Å². The number of aromatic nitrogens is 1. The molecule has 222 valence electrons. The van der Waals surface area contributed by atoms with E-state index in [-0.39, 0.29) is 24.3 Å². The summed E-state index contributed by atoms with van der Waals surface area (Å²) in [4.78, 5) is 32.3. The van der Waals surface area contributed by atoms with Crippen molar-refractivity contribution in [3.63, 3.8) is 0 Å². The monoisotopic (exact) mass is 720 g/mol. The van der Waals surface area contributed by atoms with Crippen molar-refractivity contribution in [2.75, 3.05) is 13.7 Å². The van der Waals surface area contributed by atoms with E-state index in [0.29, 0.717) is 57.2 Å². The van der Waals surface area contributed by atoms with Crippen molar-refractivity contribution in [2.24, 2.45) is 4.99 Å². The number of carbonyl (C=O) groups is 1. The van der Waals surface area contributed by atoms with Gasteiger partial charge in [0, 0.05) is 26.2 Å². The molecule has 4 aromatic rings. The molecule has 3 aromatic carbocycles. The Kier molecular flexibility index (Phi) is 9.68. The summed E-state index contributed by atoms with van der Waals surface area (Å²) in [6.07, 6.45) is 1.71. The summed E-state index contributed by atoms with van der Waals surface area (Å²) < 4.78 is 19.4. The zero-order valence-corrected chi connectivity index (χ0v) is 27.8. The van der Waals surface area contributed by atoms with Gasteiger partial charge in [-0.3, -0.25) is 9.36 Å². The van der Waals surface area contributed by atoms with Crippen LogP contribution in [0.3, 0.4) is 0 Å². The molecular formula is C31H24BrCl3N2O5S. The first-order valence-electron chi connectivity index (χ1n) is 13.0. The van der Waals surface area contributed by atoms with Gasteiger partial charge in [-0.1, -0.05) is 58.3 Å². The third kappa shape index (κ3) is 6.56. The second kappa shape index (κ2) is 13.3. The largest absolute Gasteiger partial charge is 0.496 e. The first kappa shape index (κ1) is 31.3. The van der Waals surface area contributed by atoms with E-state index in [1.54, 1.807) is 69.5 Å². The quantitative estimate of drug-likeness (QED) is 0.181. The molecule has 1 aromatic heterocycles. The molecule has 5 rings (SSSR count). The fourth-order valence-corrected chi connectivity index (χ4v) is 6.90. The maximum atomic E-state index is 14.1. The first-order valence-corrected chi connectivity index (χ1v) is 15.7. The summed E-state index contributed by atoms with van der Waals surface area (Å²) in [7, 11) is 1.56. The number of allylic oxidation sites excluding steroid dienone is 1. The minimum atomic E-state index is -0.776. The second-order valence-electron chi connectivity index (χ2n) is 9.40. The number of esters is 1. The van der Waals surface area contributed by atoms with Crippen molar-refractivity contribution in [3.8, 4) is 11.5 Å². The van der Waals surface area contributed by atoms with Gasteiger partial charge in [-0.15, -0.1) is 0 Å². The summed E-state index contributed by atoms with van der Waals surface area (Å²) in [5.74, 6) is 0.574. The van der Waals surface area contributed by atoms with Crippen LogP contribution in [0.15, 0.2) is 80.1 Å². The van der Waals surface area contributed by atoms with Gasteiger partial charge in [0.15, 0.2) is 4.80 Å². The highest BCUT2D eigenvalue weighted by atomic mass is 79.9. The van der Waals surface area contributed by atoms with Crippen LogP contribution in [0.1, 0.15) is 36.6 Å². The minimum Gasteiger partial charge on any atom is -0.496 e. The Balaban J connectivity index is 1.63. The number of hydrogen-bond donors (Lipinski definition) is 0. The lowest BCUT2D eigenvalue weighted by Gasteiger charge is -2.25. The lowest BCUT2D eigenvalue weighted by molar-refractivity contribution is -0.139. The van der Waals surface area contributed by atoms with Gasteiger partial charge >= 0.3 is 5.97 Å². The molecule has 1 atom stereocenters.